The molecule has 0 aromatic carbocycles. The number of carbonyl (C=O) groups excluding carboxylic acids is 1. The summed E-state index contributed by atoms with van der Waals surface area (Å²) in [5.41, 5.74) is 0. The average Bonchev–Trinajstić information content (AvgIpc) is 1.85. The van der Waals surface area contributed by atoms with E-state index in [1.165, 1.54) is 0 Å². The minimum Gasteiger partial charge on any atom is -0.465 e. The van der Waals surface area contributed by atoms with Gasteiger partial charge in [0.15, 0.2) is 6.30 Å². The van der Waals surface area contributed by atoms with Gasteiger partial charge in [-0.15, -0.1) is 0 Å². The van der Waals surface area contributed by atoms with Crippen LogP contribution >= 0.6 is 0 Å². The highest BCUT2D eigenvalue weighted by molar-refractivity contribution is 5.81. The number of ketones is 1. The van der Waals surface area contributed by atoms with Gasteiger partial charge >= 0.3 is 6.09 Å². The van der Waals surface area contributed by atoms with Crippen LogP contribution in [-0.4, -0.2) is 34.7 Å². The van der Waals surface area contributed by atoms with E-state index in [4.69, 9.17) is 5.11 Å². The molecule has 0 aliphatic carbocycles. The first kappa shape index (κ1) is 7.97. The number of carbonyl (C=O) groups is 2. The molecule has 1 atom stereocenters. The van der Waals surface area contributed by atoms with Crippen molar-refractivity contribution in [2.75, 3.05) is 6.54 Å². The van der Waals surface area contributed by atoms with E-state index in [1.807, 2.05) is 0 Å². The second-order valence-electron chi connectivity index (χ2n) is 2.40. The van der Waals surface area contributed by atoms with E-state index in [0.29, 0.717) is 4.90 Å². The van der Waals surface area contributed by atoms with E-state index in [-0.39, 0.29) is 25.2 Å². The number of nitrogens with zero attached hydrogens (tertiary/aromatic N) is 1. The maximum atomic E-state index is 12.7. The molecule has 1 saturated heterocycles. The van der Waals surface area contributed by atoms with Crippen molar-refractivity contribution in [3.63, 3.8) is 0 Å². The predicted molar refractivity (Wildman–Crippen MR) is 33.9 cm³/mol. The molecule has 0 aromatic heterocycles. The van der Waals surface area contributed by atoms with Crippen molar-refractivity contribution in [1.82, 2.24) is 4.90 Å². The van der Waals surface area contributed by atoms with Crippen LogP contribution < -0.4 is 0 Å². The van der Waals surface area contributed by atoms with Crippen molar-refractivity contribution < 1.29 is 19.1 Å². The summed E-state index contributed by atoms with van der Waals surface area (Å²) in [7, 11) is 0. The van der Waals surface area contributed by atoms with Gasteiger partial charge in [-0.2, -0.15) is 0 Å². The van der Waals surface area contributed by atoms with E-state index >= 15 is 0 Å². The van der Waals surface area contributed by atoms with Crippen LogP contribution in [0.1, 0.15) is 12.8 Å². The quantitative estimate of drug-likeness (QED) is 0.530. The molecule has 0 aromatic rings. The summed E-state index contributed by atoms with van der Waals surface area (Å²) in [6.07, 6.45) is -3.11. The molecule has 11 heavy (non-hydrogen) atoms. The Labute approximate surface area is 62.6 Å². The lowest BCUT2D eigenvalue weighted by molar-refractivity contribution is -0.124. The van der Waals surface area contributed by atoms with E-state index in [9.17, 15) is 14.0 Å². The highest BCUT2D eigenvalue weighted by Gasteiger charge is 2.29. The van der Waals surface area contributed by atoms with Crippen molar-refractivity contribution in [2.45, 2.75) is 19.1 Å². The number of alkyl halides is 1. The molecular formula is C6H8FNO3. The highest BCUT2D eigenvalue weighted by atomic mass is 19.1. The Morgan fingerprint density at radius 2 is 2.36 bits per heavy atom. The van der Waals surface area contributed by atoms with Gasteiger partial charge in [-0.1, -0.05) is 0 Å². The maximum Gasteiger partial charge on any atom is 0.409 e. The average molecular weight is 161 g/mol. The summed E-state index contributed by atoms with van der Waals surface area (Å²) in [6.45, 7) is -0.0185. The molecule has 1 N–H and O–H groups in total. The lowest BCUT2D eigenvalue weighted by Crippen LogP contribution is -2.43. The van der Waals surface area contributed by atoms with Gasteiger partial charge in [0, 0.05) is 13.0 Å². The molecule has 1 aliphatic heterocycles. The molecule has 4 nitrogen and oxygen atoms in total. The normalized spacial score (nSPS) is 25.4. The van der Waals surface area contributed by atoms with Crippen molar-refractivity contribution in [3.05, 3.63) is 0 Å². The summed E-state index contributed by atoms with van der Waals surface area (Å²) >= 11 is 0. The first-order chi connectivity index (χ1) is 5.11. The minimum atomic E-state index is -1.64. The second-order valence-corrected chi connectivity index (χ2v) is 2.40. The van der Waals surface area contributed by atoms with Gasteiger partial charge < -0.3 is 5.11 Å². The van der Waals surface area contributed by atoms with Crippen molar-refractivity contribution >= 4 is 11.9 Å². The van der Waals surface area contributed by atoms with Gasteiger partial charge in [0.2, 0.25) is 0 Å². The fourth-order valence-electron chi connectivity index (χ4n) is 1.00. The van der Waals surface area contributed by atoms with Gasteiger partial charge in [-0.25, -0.2) is 9.18 Å². The van der Waals surface area contributed by atoms with Crippen LogP contribution in [0.4, 0.5) is 9.18 Å². The minimum absolute atomic E-state index is 0.0185. The predicted octanol–water partition coefficient (Wildman–Crippen LogP) is 0.625. The van der Waals surface area contributed by atoms with Crippen LogP contribution in [0, 0.1) is 0 Å². The van der Waals surface area contributed by atoms with Crippen molar-refractivity contribution in [3.8, 4) is 0 Å². The lowest BCUT2D eigenvalue weighted by atomic mass is 10.1. The molecule has 5 heteroatoms. The zero-order chi connectivity index (χ0) is 8.43. The Balaban J connectivity index is 2.57. The van der Waals surface area contributed by atoms with Gasteiger partial charge in [0.05, 0.1) is 6.42 Å². The SMILES string of the molecule is O=C1CCN(C(=O)O)C(F)C1. The van der Waals surface area contributed by atoms with Crippen LogP contribution in [-0.2, 0) is 4.79 Å². The fourth-order valence-corrected chi connectivity index (χ4v) is 1.00. The number of piperidine rings is 1. The molecule has 0 bridgehead atoms. The third kappa shape index (κ3) is 1.66. The topological polar surface area (TPSA) is 57.6 Å². The third-order valence-electron chi connectivity index (χ3n) is 1.61. The monoisotopic (exact) mass is 161 g/mol. The number of Topliss-reactive ketones (excluding diaryl/α,β-unsaturated/α-hetero) is 1. The molecule has 1 aliphatic rings. The van der Waals surface area contributed by atoms with Crippen LogP contribution in [0.5, 0.6) is 0 Å². The number of carboxylic acid groups (broad SMARTS) is 1. The molecule has 0 saturated carbocycles. The molecule has 1 heterocycles. The third-order valence-corrected chi connectivity index (χ3v) is 1.61. The molecule has 0 spiro atoms. The molecule has 1 fully saturated rings. The molecule has 1 amide bonds. The molecule has 62 valence electrons. The van der Waals surface area contributed by atoms with Gasteiger partial charge in [-0.3, -0.25) is 9.69 Å². The van der Waals surface area contributed by atoms with Gasteiger partial charge in [0.1, 0.15) is 5.78 Å². The first-order valence-electron chi connectivity index (χ1n) is 3.26. The summed E-state index contributed by atoms with van der Waals surface area (Å²) < 4.78 is 12.7. The van der Waals surface area contributed by atoms with Crippen LogP contribution in [0.2, 0.25) is 0 Å². The molecule has 0 radical (unpaired) electrons. The number of hydrogen-bond donors (Lipinski definition) is 1. The largest absolute Gasteiger partial charge is 0.465 e. The number of likely N-dealkylation sites (tertiary alicyclic amines) is 1. The zero-order valence-electron chi connectivity index (χ0n) is 5.79. The van der Waals surface area contributed by atoms with Crippen LogP contribution in [0.3, 0.4) is 0 Å². The van der Waals surface area contributed by atoms with Gasteiger partial charge in [0.25, 0.3) is 0 Å². The zero-order valence-corrected chi connectivity index (χ0v) is 5.79. The number of rotatable bonds is 0. The van der Waals surface area contributed by atoms with Crippen LogP contribution in [0.15, 0.2) is 0 Å². The number of halogens is 1. The number of amides is 1. The second kappa shape index (κ2) is 2.86. The Morgan fingerprint density at radius 3 is 2.82 bits per heavy atom. The standard InChI is InChI=1S/C6H8FNO3/c7-5-3-4(9)1-2-8(5)6(10)11/h5H,1-3H2,(H,10,11). The Hall–Kier alpha value is -1.13. The molecular weight excluding hydrogens is 153 g/mol. The lowest BCUT2D eigenvalue weighted by Gasteiger charge is -2.26. The van der Waals surface area contributed by atoms with Crippen molar-refractivity contribution in [1.29, 1.82) is 0 Å². The molecule has 1 rings (SSSR count). The summed E-state index contributed by atoms with van der Waals surface area (Å²) in [5, 5.41) is 8.37. The van der Waals surface area contributed by atoms with Crippen LogP contribution in [0.25, 0.3) is 0 Å². The van der Waals surface area contributed by atoms with E-state index in [1.54, 1.807) is 0 Å². The van der Waals surface area contributed by atoms with Crippen molar-refractivity contribution in [2.24, 2.45) is 0 Å². The molecule has 1 unspecified atom stereocenters. The fraction of sp³-hybridized carbons (Fsp3) is 0.667. The summed E-state index contributed by atoms with van der Waals surface area (Å²) in [6, 6.07) is 0. The number of hydrogen-bond acceptors (Lipinski definition) is 2. The Bertz CT molecular complexity index is 194. The smallest absolute Gasteiger partial charge is 0.409 e. The maximum absolute atomic E-state index is 12.7. The van der Waals surface area contributed by atoms with Gasteiger partial charge in [-0.05, 0) is 0 Å². The Kier molecular flexibility index (Phi) is 2.07. The van der Waals surface area contributed by atoms with E-state index in [0.717, 1.165) is 0 Å². The van der Waals surface area contributed by atoms with E-state index in [2.05, 4.69) is 0 Å². The van der Waals surface area contributed by atoms with E-state index < -0.39 is 12.4 Å². The summed E-state index contributed by atoms with van der Waals surface area (Å²) in [5.74, 6) is -0.213. The first-order valence-corrected chi connectivity index (χ1v) is 3.26. The Morgan fingerprint density at radius 1 is 1.73 bits per heavy atom. The highest BCUT2D eigenvalue weighted by Crippen LogP contribution is 2.14. The summed E-state index contributed by atoms with van der Waals surface area (Å²) in [4.78, 5) is 21.5.